The summed E-state index contributed by atoms with van der Waals surface area (Å²) < 4.78 is 0. The maximum Gasteiger partial charge on any atom is 0.318 e. The second-order valence-electron chi connectivity index (χ2n) is 7.37. The molecule has 2 heterocycles. The van der Waals surface area contributed by atoms with E-state index >= 15 is 0 Å². The average molecular weight is 343 g/mol. The zero-order valence-electron chi connectivity index (χ0n) is 14.5. The molecule has 2 N–H and O–H groups in total. The molecule has 3 aliphatic rings. The summed E-state index contributed by atoms with van der Waals surface area (Å²) in [7, 11) is 0. The normalized spacial score (nSPS) is 29.4. The van der Waals surface area contributed by atoms with E-state index in [1.165, 1.54) is 11.1 Å². The molecular formula is C19H25N3O3. The first-order valence-electron chi connectivity index (χ1n) is 9.22. The molecule has 0 spiro atoms. The second-order valence-corrected chi connectivity index (χ2v) is 7.37. The summed E-state index contributed by atoms with van der Waals surface area (Å²) in [6, 6.07) is 9.28. The Labute approximate surface area is 147 Å². The minimum atomic E-state index is -0.791. The number of nitrogens with zero attached hydrogens (tertiary/aromatic N) is 2. The monoisotopic (exact) mass is 343 g/mol. The SMILES string of the molecule is CCN(CC(=O)O)C1CC(NC(=O)N2C3CCC2c2ccccc23)C1. The van der Waals surface area contributed by atoms with E-state index in [-0.39, 0.29) is 36.7 Å². The van der Waals surface area contributed by atoms with Crippen LogP contribution in [0.3, 0.4) is 0 Å². The van der Waals surface area contributed by atoms with Crippen LogP contribution in [0, 0.1) is 0 Å². The highest BCUT2D eigenvalue weighted by Gasteiger charge is 2.47. The number of carbonyl (C=O) groups excluding carboxylic acids is 1. The summed E-state index contributed by atoms with van der Waals surface area (Å²) >= 11 is 0. The molecular weight excluding hydrogens is 318 g/mol. The largest absolute Gasteiger partial charge is 0.480 e. The van der Waals surface area contributed by atoms with Gasteiger partial charge in [-0.2, -0.15) is 0 Å². The Hall–Kier alpha value is -2.08. The van der Waals surface area contributed by atoms with Gasteiger partial charge >= 0.3 is 12.0 Å². The van der Waals surface area contributed by atoms with Gasteiger partial charge in [0.2, 0.25) is 0 Å². The number of likely N-dealkylation sites (N-methyl/N-ethyl adjacent to an activating group) is 1. The molecule has 6 heteroatoms. The van der Waals surface area contributed by atoms with Gasteiger partial charge in [0.25, 0.3) is 0 Å². The molecule has 2 fully saturated rings. The second kappa shape index (κ2) is 6.33. The first-order valence-corrected chi connectivity index (χ1v) is 9.22. The number of carbonyl (C=O) groups is 2. The van der Waals surface area contributed by atoms with Crippen LogP contribution in [-0.4, -0.2) is 52.1 Å². The molecule has 2 aliphatic heterocycles. The highest BCUT2D eigenvalue weighted by molar-refractivity contribution is 5.77. The molecule has 1 aromatic rings. The standard InChI is InChI=1S/C19H25N3O3/c1-2-21(11-18(23)24)13-9-12(10-13)20-19(25)22-16-7-8-17(22)15-6-4-3-5-14(15)16/h3-6,12-13,16-17H,2,7-11H2,1H3,(H,20,25)(H,23,24). The van der Waals surface area contributed by atoms with Gasteiger partial charge in [0, 0.05) is 12.1 Å². The van der Waals surface area contributed by atoms with Gasteiger partial charge in [0.05, 0.1) is 18.6 Å². The van der Waals surface area contributed by atoms with Crippen LogP contribution < -0.4 is 5.32 Å². The fourth-order valence-electron chi connectivity index (χ4n) is 4.75. The third-order valence-electron chi connectivity index (χ3n) is 6.04. The summed E-state index contributed by atoms with van der Waals surface area (Å²) in [6.07, 6.45) is 3.77. The van der Waals surface area contributed by atoms with E-state index in [1.54, 1.807) is 0 Å². The number of fused-ring (bicyclic) bond motifs is 5. The number of rotatable bonds is 5. The first-order chi connectivity index (χ1) is 12.1. The van der Waals surface area contributed by atoms with Crippen molar-refractivity contribution in [2.45, 2.75) is 56.8 Å². The Balaban J connectivity index is 1.34. The molecule has 2 bridgehead atoms. The van der Waals surface area contributed by atoms with Crippen molar-refractivity contribution in [1.82, 2.24) is 15.1 Å². The highest BCUT2D eigenvalue weighted by atomic mass is 16.4. The van der Waals surface area contributed by atoms with Crippen molar-refractivity contribution in [3.05, 3.63) is 35.4 Å². The van der Waals surface area contributed by atoms with Gasteiger partial charge in [-0.05, 0) is 43.4 Å². The van der Waals surface area contributed by atoms with Crippen molar-refractivity contribution >= 4 is 12.0 Å². The van der Waals surface area contributed by atoms with Crippen LogP contribution in [0.15, 0.2) is 24.3 Å². The predicted octanol–water partition coefficient (Wildman–Crippen LogP) is 2.53. The lowest BCUT2D eigenvalue weighted by molar-refractivity contribution is -0.139. The van der Waals surface area contributed by atoms with Gasteiger partial charge in [0.1, 0.15) is 0 Å². The molecule has 0 radical (unpaired) electrons. The van der Waals surface area contributed by atoms with E-state index in [1.807, 2.05) is 28.9 Å². The Kier molecular flexibility index (Phi) is 4.15. The van der Waals surface area contributed by atoms with E-state index in [2.05, 4.69) is 17.4 Å². The number of benzene rings is 1. The Morgan fingerprint density at radius 2 is 1.80 bits per heavy atom. The summed E-state index contributed by atoms with van der Waals surface area (Å²) in [4.78, 5) is 27.7. The molecule has 25 heavy (non-hydrogen) atoms. The minimum absolute atomic E-state index is 0.0356. The van der Waals surface area contributed by atoms with Crippen LogP contribution in [0.25, 0.3) is 0 Å². The quantitative estimate of drug-likeness (QED) is 0.862. The van der Waals surface area contributed by atoms with Crippen molar-refractivity contribution < 1.29 is 14.7 Å². The van der Waals surface area contributed by atoms with Gasteiger partial charge in [0.15, 0.2) is 0 Å². The van der Waals surface area contributed by atoms with Crippen molar-refractivity contribution in [1.29, 1.82) is 0 Å². The number of hydrogen-bond donors (Lipinski definition) is 2. The van der Waals surface area contributed by atoms with Crippen LogP contribution >= 0.6 is 0 Å². The van der Waals surface area contributed by atoms with Crippen molar-refractivity contribution in [2.24, 2.45) is 0 Å². The molecule has 6 nitrogen and oxygen atoms in total. The van der Waals surface area contributed by atoms with Crippen molar-refractivity contribution in [2.75, 3.05) is 13.1 Å². The number of nitrogens with one attached hydrogen (secondary N) is 1. The Morgan fingerprint density at radius 3 is 2.32 bits per heavy atom. The number of amides is 2. The molecule has 134 valence electrons. The van der Waals surface area contributed by atoms with E-state index in [0.717, 1.165) is 32.2 Å². The van der Waals surface area contributed by atoms with E-state index in [0.29, 0.717) is 0 Å². The van der Waals surface area contributed by atoms with Gasteiger partial charge in [-0.25, -0.2) is 4.79 Å². The molecule has 1 aromatic carbocycles. The van der Waals surface area contributed by atoms with Crippen molar-refractivity contribution in [3.8, 4) is 0 Å². The molecule has 2 unspecified atom stereocenters. The van der Waals surface area contributed by atoms with Gasteiger partial charge in [-0.15, -0.1) is 0 Å². The lowest BCUT2D eigenvalue weighted by atomic mass is 9.85. The summed E-state index contributed by atoms with van der Waals surface area (Å²) in [5, 5.41) is 12.1. The molecule has 2 amide bonds. The number of hydrogen-bond acceptors (Lipinski definition) is 3. The number of urea groups is 1. The first kappa shape index (κ1) is 16.4. The molecule has 1 saturated heterocycles. The van der Waals surface area contributed by atoms with Gasteiger partial charge < -0.3 is 15.3 Å². The molecule has 0 aromatic heterocycles. The van der Waals surface area contributed by atoms with E-state index in [9.17, 15) is 9.59 Å². The van der Waals surface area contributed by atoms with Crippen molar-refractivity contribution in [3.63, 3.8) is 0 Å². The Bertz CT molecular complexity index is 655. The Morgan fingerprint density at radius 1 is 1.20 bits per heavy atom. The lowest BCUT2D eigenvalue weighted by Crippen LogP contribution is -2.56. The smallest absolute Gasteiger partial charge is 0.318 e. The van der Waals surface area contributed by atoms with Crippen LogP contribution in [-0.2, 0) is 4.79 Å². The topological polar surface area (TPSA) is 72.9 Å². The van der Waals surface area contributed by atoms with Gasteiger partial charge in [-0.1, -0.05) is 31.2 Å². The zero-order valence-corrected chi connectivity index (χ0v) is 14.5. The third kappa shape index (κ3) is 2.78. The lowest BCUT2D eigenvalue weighted by Gasteiger charge is -2.42. The maximum absolute atomic E-state index is 12.8. The minimum Gasteiger partial charge on any atom is -0.480 e. The van der Waals surface area contributed by atoms with Crippen LogP contribution in [0.2, 0.25) is 0 Å². The number of aliphatic carboxylic acids is 1. The van der Waals surface area contributed by atoms with Crippen LogP contribution in [0.5, 0.6) is 0 Å². The maximum atomic E-state index is 12.8. The number of carboxylic acid groups (broad SMARTS) is 1. The highest BCUT2D eigenvalue weighted by Crippen LogP contribution is 2.52. The molecule has 1 aliphatic carbocycles. The average Bonchev–Trinajstić information content (AvgIpc) is 3.13. The fraction of sp³-hybridized carbons (Fsp3) is 0.579. The number of carboxylic acids is 1. The summed E-state index contributed by atoms with van der Waals surface area (Å²) in [5.41, 5.74) is 2.61. The molecule has 2 atom stereocenters. The zero-order chi connectivity index (χ0) is 17.6. The van der Waals surface area contributed by atoms with Crippen LogP contribution in [0.4, 0.5) is 4.79 Å². The van der Waals surface area contributed by atoms with Crippen LogP contribution in [0.1, 0.15) is 55.8 Å². The van der Waals surface area contributed by atoms with E-state index < -0.39 is 5.97 Å². The molecule has 4 rings (SSSR count). The third-order valence-corrected chi connectivity index (χ3v) is 6.04. The van der Waals surface area contributed by atoms with Gasteiger partial charge in [-0.3, -0.25) is 9.69 Å². The molecule has 1 saturated carbocycles. The van der Waals surface area contributed by atoms with E-state index in [4.69, 9.17) is 5.11 Å². The predicted molar refractivity (Wildman–Crippen MR) is 93.2 cm³/mol. The summed E-state index contributed by atoms with van der Waals surface area (Å²) in [5.74, 6) is -0.791. The summed E-state index contributed by atoms with van der Waals surface area (Å²) in [6.45, 7) is 2.78. The fourth-order valence-corrected chi connectivity index (χ4v) is 4.75.